The molecule has 0 aliphatic heterocycles. The van der Waals surface area contributed by atoms with Crippen molar-refractivity contribution in [2.45, 2.75) is 24.3 Å². The molecule has 2 rings (SSSR count). The van der Waals surface area contributed by atoms with Gasteiger partial charge in [-0.05, 0) is 23.6 Å². The van der Waals surface area contributed by atoms with Crippen molar-refractivity contribution in [3.05, 3.63) is 33.8 Å². The molecular weight excluding hydrogens is 324 g/mol. The molecule has 2 unspecified atom stereocenters. The van der Waals surface area contributed by atoms with Crippen molar-refractivity contribution in [1.29, 1.82) is 0 Å². The first-order valence-electron chi connectivity index (χ1n) is 4.68. The number of ether oxygens (including phenoxy) is 1. The fraction of sp³-hybridized carbons (Fsp3) is 0.364. The van der Waals surface area contributed by atoms with Crippen LogP contribution in [-0.4, -0.2) is 10.8 Å². The van der Waals surface area contributed by atoms with Gasteiger partial charge in [0.05, 0.1) is 4.83 Å². The first kappa shape index (κ1) is 11.1. The number of halogens is 2. The van der Waals surface area contributed by atoms with E-state index in [9.17, 15) is 4.79 Å². The number of alkyl halides is 1. The predicted octanol–water partition coefficient (Wildman–Crippen LogP) is 3.37. The molecule has 1 aliphatic carbocycles. The van der Waals surface area contributed by atoms with Crippen LogP contribution in [-0.2, 0) is 16.0 Å². The Morgan fingerprint density at radius 2 is 2.27 bits per heavy atom. The molecular formula is C11H10Br2O2. The zero-order chi connectivity index (χ0) is 11.0. The lowest BCUT2D eigenvalue weighted by Gasteiger charge is -2.15. The molecule has 1 aromatic carbocycles. The number of carbonyl (C=O) groups is 1. The first-order chi connectivity index (χ1) is 7.09. The molecule has 80 valence electrons. The molecule has 2 nitrogen and oxygen atoms in total. The molecule has 0 saturated heterocycles. The van der Waals surface area contributed by atoms with Crippen molar-refractivity contribution < 1.29 is 9.53 Å². The maximum Gasteiger partial charge on any atom is 0.303 e. The van der Waals surface area contributed by atoms with Crippen LogP contribution < -0.4 is 0 Å². The lowest BCUT2D eigenvalue weighted by Crippen LogP contribution is -2.13. The Labute approximate surface area is 105 Å². The summed E-state index contributed by atoms with van der Waals surface area (Å²) in [5, 5.41) is 0. The number of benzene rings is 1. The van der Waals surface area contributed by atoms with Crippen LogP contribution in [0.1, 0.15) is 24.2 Å². The van der Waals surface area contributed by atoms with Gasteiger partial charge in [0.15, 0.2) is 0 Å². The largest absolute Gasteiger partial charge is 0.456 e. The monoisotopic (exact) mass is 332 g/mol. The maximum absolute atomic E-state index is 11.0. The van der Waals surface area contributed by atoms with Crippen LogP contribution in [0.2, 0.25) is 0 Å². The summed E-state index contributed by atoms with van der Waals surface area (Å²) >= 11 is 7.06. The molecule has 0 N–H and O–H groups in total. The standard InChI is InChI=1S/C11H10Br2O2/c1-6(14)15-11-7-3-2-4-9(12)8(7)5-10(11)13/h2-4,10-11H,5H2,1H3. The van der Waals surface area contributed by atoms with Gasteiger partial charge in [-0.3, -0.25) is 4.79 Å². The smallest absolute Gasteiger partial charge is 0.303 e. The van der Waals surface area contributed by atoms with Gasteiger partial charge in [-0.25, -0.2) is 0 Å². The van der Waals surface area contributed by atoms with Gasteiger partial charge < -0.3 is 4.74 Å². The van der Waals surface area contributed by atoms with Crippen molar-refractivity contribution in [3.8, 4) is 0 Å². The SMILES string of the molecule is CC(=O)OC1c2cccc(Br)c2CC1Br. The Morgan fingerprint density at radius 3 is 2.93 bits per heavy atom. The highest BCUT2D eigenvalue weighted by Gasteiger charge is 2.34. The van der Waals surface area contributed by atoms with Gasteiger partial charge in [0.25, 0.3) is 0 Å². The molecule has 4 heteroatoms. The summed E-state index contributed by atoms with van der Waals surface area (Å²) in [6.45, 7) is 1.44. The summed E-state index contributed by atoms with van der Waals surface area (Å²) < 4.78 is 6.38. The van der Waals surface area contributed by atoms with Crippen LogP contribution in [0.3, 0.4) is 0 Å². The lowest BCUT2D eigenvalue weighted by atomic mass is 10.1. The van der Waals surface area contributed by atoms with Crippen molar-refractivity contribution >= 4 is 37.8 Å². The Kier molecular flexibility index (Phi) is 3.16. The second-order valence-corrected chi connectivity index (χ2v) is 5.59. The second kappa shape index (κ2) is 4.26. The van der Waals surface area contributed by atoms with E-state index in [1.807, 2.05) is 18.2 Å². The molecule has 0 spiro atoms. The summed E-state index contributed by atoms with van der Waals surface area (Å²) in [6.07, 6.45) is 0.726. The molecule has 0 saturated carbocycles. The Balaban J connectivity index is 2.37. The number of esters is 1. The van der Waals surface area contributed by atoms with E-state index in [1.54, 1.807) is 0 Å². The summed E-state index contributed by atoms with van der Waals surface area (Å²) in [4.78, 5) is 11.2. The average molecular weight is 334 g/mol. The molecule has 0 radical (unpaired) electrons. The zero-order valence-electron chi connectivity index (χ0n) is 8.17. The molecule has 0 bridgehead atoms. The molecule has 1 aliphatic rings. The van der Waals surface area contributed by atoms with Crippen LogP contribution in [0.25, 0.3) is 0 Å². The third-order valence-electron chi connectivity index (χ3n) is 2.48. The van der Waals surface area contributed by atoms with Gasteiger partial charge in [-0.1, -0.05) is 44.0 Å². The van der Waals surface area contributed by atoms with Crippen LogP contribution in [0.4, 0.5) is 0 Å². The van der Waals surface area contributed by atoms with Gasteiger partial charge in [0.1, 0.15) is 6.10 Å². The van der Waals surface area contributed by atoms with Crippen LogP contribution in [0, 0.1) is 0 Å². The van der Waals surface area contributed by atoms with E-state index in [0.717, 1.165) is 16.5 Å². The lowest BCUT2D eigenvalue weighted by molar-refractivity contribution is -0.146. The van der Waals surface area contributed by atoms with E-state index in [-0.39, 0.29) is 16.9 Å². The minimum absolute atomic E-state index is 0.157. The number of fused-ring (bicyclic) bond motifs is 1. The van der Waals surface area contributed by atoms with E-state index >= 15 is 0 Å². The van der Waals surface area contributed by atoms with Gasteiger partial charge in [0.2, 0.25) is 0 Å². The van der Waals surface area contributed by atoms with Gasteiger partial charge in [-0.2, -0.15) is 0 Å². The van der Waals surface area contributed by atoms with E-state index in [4.69, 9.17) is 4.74 Å². The highest BCUT2D eigenvalue weighted by atomic mass is 79.9. The fourth-order valence-electron chi connectivity index (χ4n) is 1.87. The minimum atomic E-state index is -0.239. The van der Waals surface area contributed by atoms with Crippen molar-refractivity contribution in [2.75, 3.05) is 0 Å². The minimum Gasteiger partial charge on any atom is -0.456 e. The molecule has 2 atom stereocenters. The molecule has 0 aromatic heterocycles. The topological polar surface area (TPSA) is 26.3 Å². The highest BCUT2D eigenvalue weighted by Crippen LogP contribution is 2.41. The zero-order valence-corrected chi connectivity index (χ0v) is 11.3. The highest BCUT2D eigenvalue weighted by molar-refractivity contribution is 9.10. The average Bonchev–Trinajstić information content (AvgIpc) is 2.45. The van der Waals surface area contributed by atoms with E-state index in [1.165, 1.54) is 12.5 Å². The van der Waals surface area contributed by atoms with Crippen molar-refractivity contribution in [1.82, 2.24) is 0 Å². The summed E-state index contributed by atoms with van der Waals surface area (Å²) in [5.74, 6) is -0.239. The number of carbonyl (C=O) groups excluding carboxylic acids is 1. The number of hydrogen-bond donors (Lipinski definition) is 0. The Hall–Kier alpha value is -0.350. The number of hydrogen-bond acceptors (Lipinski definition) is 2. The summed E-state index contributed by atoms with van der Waals surface area (Å²) in [5.41, 5.74) is 2.33. The van der Waals surface area contributed by atoms with E-state index in [0.29, 0.717) is 0 Å². The van der Waals surface area contributed by atoms with Crippen molar-refractivity contribution in [2.24, 2.45) is 0 Å². The first-order valence-corrected chi connectivity index (χ1v) is 6.39. The number of rotatable bonds is 1. The fourth-order valence-corrected chi connectivity index (χ4v) is 3.13. The summed E-state index contributed by atoms with van der Waals surface area (Å²) in [6, 6.07) is 5.98. The Bertz CT molecular complexity index is 404. The molecule has 0 amide bonds. The molecule has 1 aromatic rings. The molecule has 0 fully saturated rings. The Morgan fingerprint density at radius 1 is 1.53 bits per heavy atom. The predicted molar refractivity (Wildman–Crippen MR) is 65.1 cm³/mol. The van der Waals surface area contributed by atoms with Gasteiger partial charge in [0, 0.05) is 11.4 Å². The second-order valence-electron chi connectivity index (χ2n) is 3.56. The van der Waals surface area contributed by atoms with Gasteiger partial charge >= 0.3 is 5.97 Å². The summed E-state index contributed by atoms with van der Waals surface area (Å²) in [7, 11) is 0. The van der Waals surface area contributed by atoms with Crippen molar-refractivity contribution in [3.63, 3.8) is 0 Å². The van der Waals surface area contributed by atoms with Crippen LogP contribution in [0.15, 0.2) is 22.7 Å². The third kappa shape index (κ3) is 2.11. The van der Waals surface area contributed by atoms with E-state index < -0.39 is 0 Å². The molecule has 15 heavy (non-hydrogen) atoms. The van der Waals surface area contributed by atoms with Gasteiger partial charge in [-0.15, -0.1) is 0 Å². The quantitative estimate of drug-likeness (QED) is 0.581. The molecule has 0 heterocycles. The van der Waals surface area contributed by atoms with Crippen LogP contribution >= 0.6 is 31.9 Å². The third-order valence-corrected chi connectivity index (χ3v) is 4.03. The normalized spacial score (nSPS) is 23.7. The maximum atomic E-state index is 11.0. The van der Waals surface area contributed by atoms with Crippen LogP contribution in [0.5, 0.6) is 0 Å². The van der Waals surface area contributed by atoms with E-state index in [2.05, 4.69) is 31.9 Å².